The summed E-state index contributed by atoms with van der Waals surface area (Å²) in [6, 6.07) is 31.7. The van der Waals surface area contributed by atoms with Gasteiger partial charge in [0.25, 0.3) is 8.32 Å². The van der Waals surface area contributed by atoms with Gasteiger partial charge in [-0.25, -0.2) is 0 Å². The van der Waals surface area contributed by atoms with Crippen molar-refractivity contribution in [1.29, 1.82) is 0 Å². The van der Waals surface area contributed by atoms with E-state index in [0.717, 1.165) is 18.5 Å². The van der Waals surface area contributed by atoms with Gasteiger partial charge >= 0.3 is 0 Å². The maximum Gasteiger partial charge on any atom is 0.261 e. The molecule has 0 heterocycles. The Morgan fingerprint density at radius 1 is 0.775 bits per heavy atom. The van der Waals surface area contributed by atoms with E-state index in [0.29, 0.717) is 6.61 Å². The normalized spacial score (nSPS) is 22.3. The fraction of sp³-hybridized carbons (Fsp3) is 0.471. The highest BCUT2D eigenvalue weighted by Gasteiger charge is 2.56. The first-order chi connectivity index (χ1) is 18.7. The zero-order chi connectivity index (χ0) is 29.2. The minimum absolute atomic E-state index is 0.0657. The van der Waals surface area contributed by atoms with Crippen LogP contribution in [0.3, 0.4) is 0 Å². The van der Waals surface area contributed by atoms with Crippen molar-refractivity contribution in [3.63, 3.8) is 0 Å². The fourth-order valence-corrected chi connectivity index (χ4v) is 11.9. The number of para-hydroxylation sites is 1. The van der Waals surface area contributed by atoms with Gasteiger partial charge in [0, 0.05) is 5.69 Å². The molecular weight excluding hydrogens is 527 g/mol. The first-order valence-corrected chi connectivity index (χ1v) is 19.5. The Hall–Kier alpha value is -2.23. The van der Waals surface area contributed by atoms with Gasteiger partial charge in [-0.3, -0.25) is 0 Å². The maximum absolute atomic E-state index is 12.1. The predicted octanol–water partition coefficient (Wildman–Crippen LogP) is 6.96. The summed E-state index contributed by atoms with van der Waals surface area (Å²) in [5.74, 6) is 0. The first-order valence-electron chi connectivity index (χ1n) is 14.7. The van der Waals surface area contributed by atoms with Crippen LogP contribution in [0.2, 0.25) is 23.2 Å². The molecule has 0 amide bonds. The molecule has 4 nitrogen and oxygen atoms in total. The highest BCUT2D eigenvalue weighted by molar-refractivity contribution is 6.99. The molecule has 3 aromatic carbocycles. The second-order valence-corrected chi connectivity index (χ2v) is 23.1. The molecular formula is C34H49NO3Si2. The van der Waals surface area contributed by atoms with Crippen LogP contribution < -0.4 is 15.7 Å². The molecule has 1 aliphatic rings. The lowest BCUT2D eigenvalue weighted by molar-refractivity contribution is 0.00892. The molecule has 1 saturated carbocycles. The van der Waals surface area contributed by atoms with Crippen LogP contribution in [0.15, 0.2) is 91.0 Å². The standard InChI is InChI=1S/C34H49NO3Si2/c1-32(2,3)39(7,8)38-30-24-25-34(31(30)36,35-27-18-12-9-13-19-27)26-37-40(33(4,5)6,28-20-14-10-15-21-28)29-22-16-11-17-23-29/h9-23,30-31,35-36H,24-26H2,1-8H3/t30-,31+,34-/m1/s1. The summed E-state index contributed by atoms with van der Waals surface area (Å²) in [5.41, 5.74) is 0.308. The van der Waals surface area contributed by atoms with E-state index in [9.17, 15) is 5.11 Å². The highest BCUT2D eigenvalue weighted by Crippen LogP contribution is 2.44. The van der Waals surface area contributed by atoms with Gasteiger partial charge in [-0.1, -0.05) is 120 Å². The number of hydrogen-bond acceptors (Lipinski definition) is 4. The SMILES string of the molecule is CC(C)(C)[Si](C)(C)O[C@@H]1CC[C@](CO[Si](c2ccccc2)(c2ccccc2)C(C)(C)C)(Nc2ccccc2)[C@H]1O. The number of rotatable bonds is 9. The van der Waals surface area contributed by atoms with Crippen LogP contribution in [0.4, 0.5) is 5.69 Å². The summed E-state index contributed by atoms with van der Waals surface area (Å²) >= 11 is 0. The molecule has 0 radical (unpaired) electrons. The minimum Gasteiger partial charge on any atom is -0.411 e. The Labute approximate surface area is 244 Å². The third kappa shape index (κ3) is 6.02. The number of aliphatic hydroxyl groups is 1. The number of benzene rings is 3. The van der Waals surface area contributed by atoms with E-state index in [1.54, 1.807) is 0 Å². The highest BCUT2D eigenvalue weighted by atomic mass is 28.4. The van der Waals surface area contributed by atoms with E-state index >= 15 is 0 Å². The minimum atomic E-state index is -2.79. The number of hydrogen-bond donors (Lipinski definition) is 2. The predicted molar refractivity (Wildman–Crippen MR) is 174 cm³/mol. The molecule has 1 fully saturated rings. The summed E-state index contributed by atoms with van der Waals surface area (Å²) < 4.78 is 14.3. The lowest BCUT2D eigenvalue weighted by Crippen LogP contribution is -2.68. The van der Waals surface area contributed by atoms with Gasteiger partial charge in [0.2, 0.25) is 0 Å². The van der Waals surface area contributed by atoms with Crippen molar-refractivity contribution in [2.45, 2.75) is 95.3 Å². The Morgan fingerprint density at radius 3 is 1.70 bits per heavy atom. The van der Waals surface area contributed by atoms with Crippen molar-refractivity contribution in [3.05, 3.63) is 91.0 Å². The lowest BCUT2D eigenvalue weighted by Gasteiger charge is -2.46. The Morgan fingerprint density at radius 2 is 1.25 bits per heavy atom. The summed E-state index contributed by atoms with van der Waals surface area (Å²) in [7, 11) is -4.87. The molecule has 40 heavy (non-hydrogen) atoms. The number of anilines is 1. The second kappa shape index (κ2) is 11.6. The zero-order valence-corrected chi connectivity index (χ0v) is 27.7. The van der Waals surface area contributed by atoms with E-state index in [2.05, 4.69) is 133 Å². The fourth-order valence-electron chi connectivity index (χ4n) is 5.88. The quantitative estimate of drug-likeness (QED) is 0.271. The van der Waals surface area contributed by atoms with Crippen LogP contribution in [0.5, 0.6) is 0 Å². The summed E-state index contributed by atoms with van der Waals surface area (Å²) in [5, 5.41) is 18.3. The maximum atomic E-state index is 12.1. The zero-order valence-electron chi connectivity index (χ0n) is 25.7. The van der Waals surface area contributed by atoms with E-state index in [4.69, 9.17) is 8.85 Å². The van der Waals surface area contributed by atoms with Crippen molar-refractivity contribution in [2.75, 3.05) is 11.9 Å². The molecule has 0 saturated heterocycles. The molecule has 6 heteroatoms. The van der Waals surface area contributed by atoms with Gasteiger partial charge in [0.1, 0.15) is 6.10 Å². The van der Waals surface area contributed by atoms with E-state index < -0.39 is 28.3 Å². The van der Waals surface area contributed by atoms with Crippen LogP contribution in [0.25, 0.3) is 0 Å². The van der Waals surface area contributed by atoms with Gasteiger partial charge in [-0.2, -0.15) is 0 Å². The van der Waals surface area contributed by atoms with Crippen molar-refractivity contribution in [2.24, 2.45) is 0 Å². The van der Waals surface area contributed by atoms with Gasteiger partial charge in [-0.05, 0) is 58.5 Å². The van der Waals surface area contributed by atoms with Gasteiger partial charge in [0.15, 0.2) is 8.32 Å². The Kier molecular flexibility index (Phi) is 8.89. The molecule has 0 aromatic heterocycles. The van der Waals surface area contributed by atoms with Crippen LogP contribution in [-0.2, 0) is 8.85 Å². The van der Waals surface area contributed by atoms with Crippen LogP contribution in [0, 0.1) is 0 Å². The molecule has 0 unspecified atom stereocenters. The molecule has 2 N–H and O–H groups in total. The average Bonchev–Trinajstić information content (AvgIpc) is 3.19. The first kappa shape index (κ1) is 30.7. The van der Waals surface area contributed by atoms with Crippen molar-refractivity contribution in [3.8, 4) is 0 Å². The monoisotopic (exact) mass is 575 g/mol. The van der Waals surface area contributed by atoms with Crippen molar-refractivity contribution < 1.29 is 14.0 Å². The number of nitrogens with one attached hydrogen (secondary N) is 1. The van der Waals surface area contributed by atoms with Gasteiger partial charge in [-0.15, -0.1) is 0 Å². The molecule has 0 aliphatic heterocycles. The van der Waals surface area contributed by atoms with E-state index in [1.807, 2.05) is 18.2 Å². The second-order valence-electron chi connectivity index (χ2n) is 14.0. The van der Waals surface area contributed by atoms with Gasteiger partial charge in [0.05, 0.1) is 18.2 Å². The summed E-state index contributed by atoms with van der Waals surface area (Å²) in [6.45, 7) is 18.6. The molecule has 4 rings (SSSR count). The number of aliphatic hydroxyl groups excluding tert-OH is 1. The van der Waals surface area contributed by atoms with Crippen LogP contribution >= 0.6 is 0 Å². The van der Waals surface area contributed by atoms with Crippen molar-refractivity contribution in [1.82, 2.24) is 0 Å². The van der Waals surface area contributed by atoms with Crippen LogP contribution in [0.1, 0.15) is 54.4 Å². The molecule has 0 bridgehead atoms. The average molecular weight is 576 g/mol. The van der Waals surface area contributed by atoms with E-state index in [-0.39, 0.29) is 16.2 Å². The molecule has 1 aliphatic carbocycles. The van der Waals surface area contributed by atoms with Gasteiger partial charge < -0.3 is 19.3 Å². The Bertz CT molecular complexity index is 1180. The third-order valence-corrected chi connectivity index (χ3v) is 18.7. The molecule has 216 valence electrons. The molecule has 0 spiro atoms. The molecule has 3 atom stereocenters. The lowest BCUT2D eigenvalue weighted by atomic mass is 9.95. The van der Waals surface area contributed by atoms with Crippen LogP contribution in [-0.4, -0.2) is 46.1 Å². The smallest absolute Gasteiger partial charge is 0.261 e. The third-order valence-electron chi connectivity index (χ3n) is 9.18. The van der Waals surface area contributed by atoms with Crippen molar-refractivity contribution >= 4 is 32.7 Å². The summed E-state index contributed by atoms with van der Waals surface area (Å²) in [4.78, 5) is 0. The largest absolute Gasteiger partial charge is 0.411 e. The summed E-state index contributed by atoms with van der Waals surface area (Å²) in [6.07, 6.45) is 0.609. The van der Waals surface area contributed by atoms with E-state index in [1.165, 1.54) is 10.4 Å². The molecule has 3 aromatic rings. The Balaban J connectivity index is 1.77. The topological polar surface area (TPSA) is 50.7 Å².